The number of halogens is 2. The number of methoxy groups -OCH3 is 1. The Labute approximate surface area is 209 Å². The van der Waals surface area contributed by atoms with Crippen LogP contribution in [0.2, 0.25) is 0 Å². The Morgan fingerprint density at radius 3 is 2.18 bits per heavy atom. The van der Waals surface area contributed by atoms with Crippen LogP contribution in [0.25, 0.3) is 22.1 Å². The van der Waals surface area contributed by atoms with Crippen LogP contribution in [0.3, 0.4) is 0 Å². The predicted octanol–water partition coefficient (Wildman–Crippen LogP) is 5.67. The van der Waals surface area contributed by atoms with Crippen LogP contribution in [0, 0.1) is 0 Å². The predicted molar refractivity (Wildman–Crippen MR) is 132 cm³/mol. The molecule has 0 saturated carbocycles. The van der Waals surface area contributed by atoms with Gasteiger partial charge in [-0.2, -0.15) is 0 Å². The molecule has 0 N–H and O–H groups in total. The average molecular weight is 586 g/mol. The molecule has 0 spiro atoms. The van der Waals surface area contributed by atoms with Gasteiger partial charge in [-0.15, -0.1) is 0 Å². The zero-order chi connectivity index (χ0) is 23.5. The number of carbonyl (C=O) groups excluding carboxylic acids is 1. The first-order chi connectivity index (χ1) is 16.1. The Balaban J connectivity index is 1.43. The maximum Gasteiger partial charge on any atom is 0.514 e. The van der Waals surface area contributed by atoms with Gasteiger partial charge in [-0.1, -0.05) is 12.1 Å². The van der Waals surface area contributed by atoms with Gasteiger partial charge < -0.3 is 23.7 Å². The van der Waals surface area contributed by atoms with Gasteiger partial charge in [0.25, 0.3) is 0 Å². The number of para-hydroxylation sites is 2. The van der Waals surface area contributed by atoms with Crippen LogP contribution in [0.1, 0.15) is 19.3 Å². The van der Waals surface area contributed by atoms with Gasteiger partial charge in [-0.05, 0) is 69.3 Å². The Bertz CT molecular complexity index is 1070. The summed E-state index contributed by atoms with van der Waals surface area (Å²) in [6.45, 7) is 2.73. The van der Waals surface area contributed by atoms with Gasteiger partial charge in [0.1, 0.15) is 17.6 Å². The van der Waals surface area contributed by atoms with Crippen LogP contribution in [0.5, 0.6) is 5.75 Å². The highest BCUT2D eigenvalue weighted by Gasteiger charge is 2.18. The molecule has 0 saturated heterocycles. The van der Waals surface area contributed by atoms with Crippen LogP contribution < -0.4 is 4.74 Å². The lowest BCUT2D eigenvalue weighted by molar-refractivity contribution is 0.0198. The first-order valence-electron chi connectivity index (χ1n) is 10.6. The van der Waals surface area contributed by atoms with E-state index < -0.39 is 6.16 Å². The summed E-state index contributed by atoms with van der Waals surface area (Å²) >= 11 is 6.92. The molecule has 33 heavy (non-hydrogen) atoms. The molecule has 0 aliphatic carbocycles. The molecule has 8 nitrogen and oxygen atoms in total. The fourth-order valence-corrected chi connectivity index (χ4v) is 4.34. The lowest BCUT2D eigenvalue weighted by Crippen LogP contribution is -2.16. The van der Waals surface area contributed by atoms with Crippen molar-refractivity contribution in [2.24, 2.45) is 0 Å². The summed E-state index contributed by atoms with van der Waals surface area (Å²) in [6, 6.07) is 9.25. The summed E-state index contributed by atoms with van der Waals surface area (Å²) in [5.41, 5.74) is 2.47. The third-order valence-corrected chi connectivity index (χ3v) is 5.82. The van der Waals surface area contributed by atoms with E-state index in [1.54, 1.807) is 13.2 Å². The molecule has 1 aromatic heterocycles. The van der Waals surface area contributed by atoms with E-state index in [0.717, 1.165) is 35.9 Å². The van der Waals surface area contributed by atoms with Gasteiger partial charge >= 0.3 is 6.16 Å². The first kappa shape index (κ1) is 25.8. The monoisotopic (exact) mass is 584 g/mol. The molecule has 0 fully saturated rings. The molecule has 0 atom stereocenters. The topological polar surface area (TPSA) is 89.0 Å². The quantitative estimate of drug-likeness (QED) is 0.110. The van der Waals surface area contributed by atoms with Crippen LogP contribution in [0.4, 0.5) is 4.79 Å². The van der Waals surface area contributed by atoms with Crippen LogP contribution in [-0.4, -0.2) is 62.9 Å². The third-order valence-electron chi connectivity index (χ3n) is 4.62. The highest BCUT2D eigenvalue weighted by atomic mass is 79.9. The molecule has 0 amide bonds. The van der Waals surface area contributed by atoms with Gasteiger partial charge in [-0.3, -0.25) is 0 Å². The minimum absolute atomic E-state index is 0.0660. The molecule has 0 bridgehead atoms. The van der Waals surface area contributed by atoms with Crippen LogP contribution in [0.15, 0.2) is 39.3 Å². The molecule has 2 aromatic carbocycles. The lowest BCUT2D eigenvalue weighted by Gasteiger charge is -2.11. The maximum absolute atomic E-state index is 12.2. The van der Waals surface area contributed by atoms with Gasteiger partial charge in [0, 0.05) is 24.8 Å². The third kappa shape index (κ3) is 7.86. The molecule has 3 rings (SSSR count). The van der Waals surface area contributed by atoms with Crippen molar-refractivity contribution in [3.8, 4) is 5.75 Å². The molecular weight excluding hydrogens is 560 g/mol. The van der Waals surface area contributed by atoms with Gasteiger partial charge in [-0.25, -0.2) is 14.8 Å². The van der Waals surface area contributed by atoms with Gasteiger partial charge in [0.15, 0.2) is 5.75 Å². The first-order valence-corrected chi connectivity index (χ1v) is 12.2. The van der Waals surface area contributed by atoms with Crippen LogP contribution in [-0.2, 0) is 18.9 Å². The number of rotatable bonds is 13. The smallest absolute Gasteiger partial charge is 0.432 e. The Morgan fingerprint density at radius 2 is 1.45 bits per heavy atom. The van der Waals surface area contributed by atoms with Crippen LogP contribution >= 0.6 is 31.9 Å². The Hall–Kier alpha value is -1.85. The Kier molecular flexibility index (Phi) is 10.7. The van der Waals surface area contributed by atoms with E-state index in [-0.39, 0.29) is 19.0 Å². The normalized spacial score (nSPS) is 11.2. The molecule has 3 aromatic rings. The molecule has 178 valence electrons. The standard InChI is InChI=1S/C23H26Br2N2O6/c1-29-9-5-2-6-10-30-11-12-31-13-14-32-23(28)33-22-17(25)15-16(24)20-21(22)27-19-8-4-3-7-18(19)26-20/h3-4,7-8,15H,2,5-6,9-14H2,1H3. The Morgan fingerprint density at radius 1 is 0.818 bits per heavy atom. The van der Waals surface area contributed by atoms with Gasteiger partial charge in [0.05, 0.1) is 35.3 Å². The molecule has 0 unspecified atom stereocenters. The number of unbranched alkanes of at least 4 members (excludes halogenated alkanes) is 2. The summed E-state index contributed by atoms with van der Waals surface area (Å²) in [7, 11) is 1.70. The molecule has 0 aliphatic heterocycles. The van der Waals surface area contributed by atoms with E-state index in [4.69, 9.17) is 23.7 Å². The highest BCUT2D eigenvalue weighted by Crippen LogP contribution is 2.37. The van der Waals surface area contributed by atoms with Crippen molar-refractivity contribution in [1.82, 2.24) is 9.97 Å². The second-order valence-corrected chi connectivity index (χ2v) is 8.77. The van der Waals surface area contributed by atoms with Crippen molar-refractivity contribution in [3.05, 3.63) is 39.3 Å². The molecule has 10 heteroatoms. The van der Waals surface area contributed by atoms with E-state index in [2.05, 4.69) is 41.8 Å². The molecule has 1 heterocycles. The van der Waals surface area contributed by atoms with Crippen molar-refractivity contribution < 1.29 is 28.5 Å². The van der Waals surface area contributed by atoms with Crippen molar-refractivity contribution in [2.75, 3.05) is 46.8 Å². The van der Waals surface area contributed by atoms with E-state index in [1.165, 1.54) is 0 Å². The van der Waals surface area contributed by atoms with Crippen molar-refractivity contribution in [3.63, 3.8) is 0 Å². The van der Waals surface area contributed by atoms with Gasteiger partial charge in [0.2, 0.25) is 0 Å². The molecule has 0 aliphatic rings. The van der Waals surface area contributed by atoms with E-state index in [9.17, 15) is 4.79 Å². The number of fused-ring (bicyclic) bond motifs is 2. The summed E-state index contributed by atoms with van der Waals surface area (Å²) < 4.78 is 27.8. The van der Waals surface area contributed by atoms with E-state index >= 15 is 0 Å². The largest absolute Gasteiger partial charge is 0.514 e. The SMILES string of the molecule is COCCCCCOCCOCCOC(=O)Oc1c(Br)cc(Br)c2nc3ccccc3nc12. The second kappa shape index (κ2) is 13.8. The summed E-state index contributed by atoms with van der Waals surface area (Å²) in [5.74, 6) is 0.247. The van der Waals surface area contributed by atoms with E-state index in [1.807, 2.05) is 24.3 Å². The zero-order valence-corrected chi connectivity index (χ0v) is 21.5. The number of ether oxygens (including phenoxy) is 5. The fraction of sp³-hybridized carbons (Fsp3) is 0.435. The number of hydrogen-bond acceptors (Lipinski definition) is 8. The van der Waals surface area contributed by atoms with Crippen molar-refractivity contribution in [2.45, 2.75) is 19.3 Å². The number of benzene rings is 2. The molecule has 0 radical (unpaired) electrons. The second-order valence-electron chi connectivity index (χ2n) is 7.06. The summed E-state index contributed by atoms with van der Waals surface area (Å²) in [6.07, 6.45) is 2.28. The fourth-order valence-electron chi connectivity index (χ4n) is 3.03. The number of nitrogens with zero attached hydrogens (tertiary/aromatic N) is 2. The van der Waals surface area contributed by atoms with Crippen molar-refractivity contribution >= 4 is 60.1 Å². The minimum Gasteiger partial charge on any atom is -0.432 e. The molecular formula is C23H26Br2N2O6. The minimum atomic E-state index is -0.842. The lowest BCUT2D eigenvalue weighted by atomic mass is 10.2. The maximum atomic E-state index is 12.2. The zero-order valence-electron chi connectivity index (χ0n) is 18.4. The van der Waals surface area contributed by atoms with E-state index in [0.29, 0.717) is 40.8 Å². The number of aromatic nitrogens is 2. The number of hydrogen-bond donors (Lipinski definition) is 0. The van der Waals surface area contributed by atoms with Crippen molar-refractivity contribution in [1.29, 1.82) is 0 Å². The highest BCUT2D eigenvalue weighted by molar-refractivity contribution is 9.11. The summed E-state index contributed by atoms with van der Waals surface area (Å²) in [4.78, 5) is 21.5. The average Bonchev–Trinajstić information content (AvgIpc) is 2.81. The number of carbonyl (C=O) groups is 1. The summed E-state index contributed by atoms with van der Waals surface area (Å²) in [5, 5.41) is 0.